The van der Waals surface area contributed by atoms with E-state index in [1.165, 1.54) is 6.07 Å². The predicted octanol–water partition coefficient (Wildman–Crippen LogP) is 3.28. The highest BCUT2D eigenvalue weighted by Gasteiger charge is 2.12. The Balaban J connectivity index is 2.31. The van der Waals surface area contributed by atoms with Crippen LogP contribution in [0.25, 0.3) is 0 Å². The number of nitrogen functional groups attached to an aromatic ring is 1. The Kier molecular flexibility index (Phi) is 3.51. The lowest BCUT2D eigenvalue weighted by molar-refractivity contribution is 0.102. The fourth-order valence-electron chi connectivity index (χ4n) is 1.92. The van der Waals surface area contributed by atoms with E-state index in [0.29, 0.717) is 16.8 Å². The average Bonchev–Trinajstić information content (AvgIpc) is 2.32. The molecule has 3 nitrogen and oxygen atoms in total. The Morgan fingerprint density at radius 2 is 1.95 bits per heavy atom. The highest BCUT2D eigenvalue weighted by Crippen LogP contribution is 2.20. The number of carbonyl (C=O) groups is 1. The maximum atomic E-state index is 13.6. The normalized spacial score (nSPS) is 10.3. The second kappa shape index (κ2) is 5.10. The second-order valence-electron chi connectivity index (χ2n) is 4.52. The van der Waals surface area contributed by atoms with Crippen LogP contribution in [0.15, 0.2) is 36.4 Å². The number of nitrogens with one attached hydrogen (secondary N) is 1. The van der Waals surface area contributed by atoms with Gasteiger partial charge in [0.25, 0.3) is 5.91 Å². The molecule has 0 atom stereocenters. The zero-order valence-electron chi connectivity index (χ0n) is 10.8. The Hall–Kier alpha value is -2.36. The van der Waals surface area contributed by atoms with Gasteiger partial charge in [-0.1, -0.05) is 12.1 Å². The molecule has 0 aliphatic carbocycles. The summed E-state index contributed by atoms with van der Waals surface area (Å²) in [5.74, 6) is -0.822. The molecule has 4 heteroatoms. The molecule has 98 valence electrons. The third-order valence-corrected chi connectivity index (χ3v) is 2.82. The van der Waals surface area contributed by atoms with Gasteiger partial charge in [-0.3, -0.25) is 4.79 Å². The van der Waals surface area contributed by atoms with Crippen molar-refractivity contribution in [2.24, 2.45) is 0 Å². The van der Waals surface area contributed by atoms with Crippen molar-refractivity contribution in [2.45, 2.75) is 13.8 Å². The molecule has 0 aliphatic rings. The van der Waals surface area contributed by atoms with E-state index in [0.717, 1.165) is 5.56 Å². The first-order valence-corrected chi connectivity index (χ1v) is 5.91. The molecule has 0 radical (unpaired) electrons. The van der Waals surface area contributed by atoms with Gasteiger partial charge in [0.15, 0.2) is 0 Å². The van der Waals surface area contributed by atoms with Crippen molar-refractivity contribution in [1.29, 1.82) is 0 Å². The third-order valence-electron chi connectivity index (χ3n) is 2.82. The van der Waals surface area contributed by atoms with Gasteiger partial charge in [0.2, 0.25) is 0 Å². The van der Waals surface area contributed by atoms with Crippen molar-refractivity contribution < 1.29 is 9.18 Å². The molecular weight excluding hydrogens is 243 g/mol. The summed E-state index contributed by atoms with van der Waals surface area (Å²) in [5.41, 5.74) is 8.38. The summed E-state index contributed by atoms with van der Waals surface area (Å²) in [5, 5.41) is 2.58. The van der Waals surface area contributed by atoms with E-state index in [9.17, 15) is 9.18 Å². The van der Waals surface area contributed by atoms with Gasteiger partial charge < -0.3 is 11.1 Å². The molecule has 2 aromatic rings. The first-order chi connectivity index (χ1) is 8.97. The predicted molar refractivity (Wildman–Crippen MR) is 74.7 cm³/mol. The maximum absolute atomic E-state index is 13.6. The first-order valence-electron chi connectivity index (χ1n) is 5.91. The third kappa shape index (κ3) is 2.91. The van der Waals surface area contributed by atoms with Gasteiger partial charge in [-0.05, 0) is 49.2 Å². The van der Waals surface area contributed by atoms with Gasteiger partial charge in [-0.25, -0.2) is 4.39 Å². The molecule has 0 aliphatic heterocycles. The topological polar surface area (TPSA) is 55.1 Å². The van der Waals surface area contributed by atoms with Crippen molar-refractivity contribution in [1.82, 2.24) is 0 Å². The molecule has 0 unspecified atom stereocenters. The Labute approximate surface area is 111 Å². The Morgan fingerprint density at radius 1 is 1.21 bits per heavy atom. The van der Waals surface area contributed by atoms with Crippen LogP contribution in [-0.2, 0) is 0 Å². The molecule has 0 saturated heterocycles. The van der Waals surface area contributed by atoms with Gasteiger partial charge in [0, 0.05) is 11.3 Å². The van der Waals surface area contributed by atoms with Gasteiger partial charge >= 0.3 is 0 Å². The van der Waals surface area contributed by atoms with Crippen molar-refractivity contribution in [3.8, 4) is 0 Å². The van der Waals surface area contributed by atoms with Crippen molar-refractivity contribution in [3.05, 3.63) is 58.9 Å². The number of para-hydroxylation sites is 1. The lowest BCUT2D eigenvalue weighted by Crippen LogP contribution is -2.14. The number of aryl methyl sites for hydroxylation is 2. The lowest BCUT2D eigenvalue weighted by Gasteiger charge is -2.10. The van der Waals surface area contributed by atoms with E-state index >= 15 is 0 Å². The smallest absolute Gasteiger partial charge is 0.255 e. The van der Waals surface area contributed by atoms with Crippen LogP contribution in [0.2, 0.25) is 0 Å². The van der Waals surface area contributed by atoms with Crippen molar-refractivity contribution in [3.63, 3.8) is 0 Å². The van der Waals surface area contributed by atoms with Crippen molar-refractivity contribution in [2.75, 3.05) is 11.1 Å². The number of halogens is 1. The van der Waals surface area contributed by atoms with Crippen LogP contribution in [0, 0.1) is 19.7 Å². The fraction of sp³-hybridized carbons (Fsp3) is 0.133. The summed E-state index contributed by atoms with van der Waals surface area (Å²) in [6.07, 6.45) is 0. The Bertz CT molecular complexity index is 598. The molecule has 0 heterocycles. The summed E-state index contributed by atoms with van der Waals surface area (Å²) in [7, 11) is 0. The fourth-order valence-corrected chi connectivity index (χ4v) is 1.92. The van der Waals surface area contributed by atoms with E-state index < -0.39 is 5.82 Å². The summed E-state index contributed by atoms with van der Waals surface area (Å²) in [4.78, 5) is 12.1. The molecule has 2 aromatic carbocycles. The highest BCUT2D eigenvalue weighted by molar-refractivity contribution is 6.05. The maximum Gasteiger partial charge on any atom is 0.255 e. The SMILES string of the molecule is Cc1cc(N)cc(C(=O)Nc2c(C)cccc2F)c1. The average molecular weight is 258 g/mol. The monoisotopic (exact) mass is 258 g/mol. The van der Waals surface area contributed by atoms with Gasteiger partial charge in [-0.15, -0.1) is 0 Å². The van der Waals surface area contributed by atoms with E-state index in [2.05, 4.69) is 5.32 Å². The standard InChI is InChI=1S/C15H15FN2O/c1-9-6-11(8-12(17)7-9)15(19)18-14-10(2)4-3-5-13(14)16/h3-8H,17H2,1-2H3,(H,18,19). The molecule has 3 N–H and O–H groups in total. The lowest BCUT2D eigenvalue weighted by atomic mass is 10.1. The summed E-state index contributed by atoms with van der Waals surface area (Å²) in [6.45, 7) is 3.59. The molecule has 0 bridgehead atoms. The van der Waals surface area contributed by atoms with Crippen LogP contribution in [0.4, 0.5) is 15.8 Å². The molecule has 0 saturated carbocycles. The number of benzene rings is 2. The number of amides is 1. The zero-order valence-corrected chi connectivity index (χ0v) is 10.8. The summed E-state index contributed by atoms with van der Waals surface area (Å²) in [6, 6.07) is 9.70. The van der Waals surface area contributed by atoms with Crippen LogP contribution >= 0.6 is 0 Å². The van der Waals surface area contributed by atoms with Crippen LogP contribution in [0.3, 0.4) is 0 Å². The van der Waals surface area contributed by atoms with Crippen LogP contribution in [0.1, 0.15) is 21.5 Å². The number of rotatable bonds is 2. The van der Waals surface area contributed by atoms with E-state index in [1.807, 2.05) is 6.92 Å². The van der Waals surface area contributed by atoms with Gasteiger partial charge in [-0.2, -0.15) is 0 Å². The zero-order chi connectivity index (χ0) is 14.0. The van der Waals surface area contributed by atoms with E-state index in [1.54, 1.807) is 37.3 Å². The molecule has 2 rings (SSSR count). The molecule has 0 fully saturated rings. The number of hydrogen-bond acceptors (Lipinski definition) is 2. The van der Waals surface area contributed by atoms with Gasteiger partial charge in [0.1, 0.15) is 5.82 Å². The van der Waals surface area contributed by atoms with Crippen LogP contribution in [0.5, 0.6) is 0 Å². The van der Waals surface area contributed by atoms with Crippen LogP contribution in [-0.4, -0.2) is 5.91 Å². The first kappa shape index (κ1) is 13.1. The highest BCUT2D eigenvalue weighted by atomic mass is 19.1. The van der Waals surface area contributed by atoms with Crippen LogP contribution < -0.4 is 11.1 Å². The largest absolute Gasteiger partial charge is 0.399 e. The van der Waals surface area contributed by atoms with E-state index in [-0.39, 0.29) is 11.6 Å². The summed E-state index contributed by atoms with van der Waals surface area (Å²) >= 11 is 0. The quantitative estimate of drug-likeness (QED) is 0.812. The van der Waals surface area contributed by atoms with Gasteiger partial charge in [0.05, 0.1) is 5.69 Å². The van der Waals surface area contributed by atoms with E-state index in [4.69, 9.17) is 5.73 Å². The molecule has 0 spiro atoms. The second-order valence-corrected chi connectivity index (χ2v) is 4.52. The number of nitrogens with two attached hydrogens (primary N) is 1. The Morgan fingerprint density at radius 3 is 2.58 bits per heavy atom. The molecular formula is C15H15FN2O. The molecule has 0 aromatic heterocycles. The number of hydrogen-bond donors (Lipinski definition) is 2. The van der Waals surface area contributed by atoms with Crippen molar-refractivity contribution >= 4 is 17.3 Å². The molecule has 1 amide bonds. The minimum Gasteiger partial charge on any atom is -0.399 e. The number of carbonyl (C=O) groups excluding carboxylic acids is 1. The minimum atomic E-state index is -0.450. The molecule has 19 heavy (non-hydrogen) atoms. The minimum absolute atomic E-state index is 0.201. The number of anilines is 2. The summed E-state index contributed by atoms with van der Waals surface area (Å²) < 4.78 is 13.6.